The molecule has 1 aromatic heterocycles. The van der Waals surface area contributed by atoms with Crippen molar-refractivity contribution in [2.24, 2.45) is 18.9 Å². The lowest BCUT2D eigenvalue weighted by molar-refractivity contribution is 0.212. The maximum absolute atomic E-state index is 4.45. The quantitative estimate of drug-likeness (QED) is 0.847. The second kappa shape index (κ2) is 4.48. The van der Waals surface area contributed by atoms with Gasteiger partial charge in [0.2, 0.25) is 0 Å². The first-order valence-corrected chi connectivity index (χ1v) is 6.39. The maximum Gasteiger partial charge on any atom is 0.0853 e. The predicted molar refractivity (Wildman–Crippen MR) is 67.6 cm³/mol. The minimum absolute atomic E-state index is 0.668. The molecule has 90 valence electrons. The van der Waals surface area contributed by atoms with E-state index in [0.717, 1.165) is 18.3 Å². The third kappa shape index (κ3) is 2.23. The molecular formula is C13H23N3. The molecule has 1 aliphatic rings. The monoisotopic (exact) mass is 221 g/mol. The Bertz CT molecular complexity index is 348. The van der Waals surface area contributed by atoms with Gasteiger partial charge in [0.1, 0.15) is 0 Å². The first-order chi connectivity index (χ1) is 7.60. The van der Waals surface area contributed by atoms with Gasteiger partial charge in [-0.15, -0.1) is 0 Å². The first-order valence-electron chi connectivity index (χ1n) is 6.39. The Balaban J connectivity index is 1.91. The van der Waals surface area contributed by atoms with Crippen molar-refractivity contribution >= 4 is 5.69 Å². The fourth-order valence-electron chi connectivity index (χ4n) is 2.46. The zero-order valence-electron chi connectivity index (χ0n) is 10.8. The van der Waals surface area contributed by atoms with E-state index in [1.54, 1.807) is 0 Å². The molecule has 0 unspecified atom stereocenters. The molecule has 1 fully saturated rings. The van der Waals surface area contributed by atoms with E-state index < -0.39 is 0 Å². The van der Waals surface area contributed by atoms with Crippen LogP contribution in [0.2, 0.25) is 0 Å². The van der Waals surface area contributed by atoms with Gasteiger partial charge < -0.3 is 5.32 Å². The number of rotatable bonds is 4. The van der Waals surface area contributed by atoms with Crippen LogP contribution in [0, 0.1) is 11.8 Å². The van der Waals surface area contributed by atoms with E-state index in [0.29, 0.717) is 6.04 Å². The average Bonchev–Trinajstić information content (AvgIpc) is 2.51. The molecule has 0 saturated heterocycles. The average molecular weight is 221 g/mol. The largest absolute Gasteiger partial charge is 0.380 e. The Morgan fingerprint density at radius 2 is 2.19 bits per heavy atom. The highest BCUT2D eigenvalue weighted by Gasteiger charge is 2.31. The van der Waals surface area contributed by atoms with E-state index >= 15 is 0 Å². The lowest BCUT2D eigenvalue weighted by Crippen LogP contribution is -2.38. The van der Waals surface area contributed by atoms with E-state index in [4.69, 9.17) is 0 Å². The van der Waals surface area contributed by atoms with Crippen molar-refractivity contribution < 1.29 is 0 Å². The van der Waals surface area contributed by atoms with Gasteiger partial charge in [0.05, 0.1) is 11.4 Å². The molecule has 1 heterocycles. The highest BCUT2D eigenvalue weighted by molar-refractivity contribution is 5.47. The molecule has 3 heteroatoms. The highest BCUT2D eigenvalue weighted by Crippen LogP contribution is 2.35. The van der Waals surface area contributed by atoms with Crippen molar-refractivity contribution in [2.45, 2.75) is 46.1 Å². The lowest BCUT2D eigenvalue weighted by Gasteiger charge is -2.38. The molecule has 0 spiro atoms. The van der Waals surface area contributed by atoms with Gasteiger partial charge in [0, 0.05) is 19.3 Å². The topological polar surface area (TPSA) is 29.9 Å². The van der Waals surface area contributed by atoms with E-state index in [2.05, 4.69) is 37.4 Å². The number of aromatic nitrogens is 2. The standard InChI is InChI=1S/C13H23N3/c1-5-12-13(8-16(4)15-12)14-11-6-10(7-11)9(2)3/h8-11,14H,5-7H2,1-4H3. The summed E-state index contributed by atoms with van der Waals surface area (Å²) in [5.74, 6) is 1.75. The Morgan fingerprint density at radius 1 is 1.50 bits per heavy atom. The second-order valence-electron chi connectivity index (χ2n) is 5.33. The summed E-state index contributed by atoms with van der Waals surface area (Å²) in [5, 5.41) is 8.07. The van der Waals surface area contributed by atoms with Crippen LogP contribution >= 0.6 is 0 Å². The molecule has 2 rings (SSSR count). The molecule has 1 aromatic rings. The molecule has 0 amide bonds. The minimum atomic E-state index is 0.668. The summed E-state index contributed by atoms with van der Waals surface area (Å²) in [6.07, 6.45) is 5.73. The van der Waals surface area contributed by atoms with Crippen LogP contribution < -0.4 is 5.32 Å². The lowest BCUT2D eigenvalue weighted by atomic mass is 9.73. The zero-order chi connectivity index (χ0) is 11.7. The maximum atomic E-state index is 4.45. The molecule has 3 nitrogen and oxygen atoms in total. The summed E-state index contributed by atoms with van der Waals surface area (Å²) < 4.78 is 1.90. The number of aryl methyl sites for hydroxylation is 2. The minimum Gasteiger partial charge on any atom is -0.380 e. The Labute approximate surface area is 98.2 Å². The molecule has 1 saturated carbocycles. The number of hydrogen-bond donors (Lipinski definition) is 1. The van der Waals surface area contributed by atoms with Gasteiger partial charge in [-0.25, -0.2) is 0 Å². The van der Waals surface area contributed by atoms with E-state index in [1.165, 1.54) is 24.2 Å². The second-order valence-corrected chi connectivity index (χ2v) is 5.33. The number of hydrogen-bond acceptors (Lipinski definition) is 2. The summed E-state index contributed by atoms with van der Waals surface area (Å²) in [6.45, 7) is 6.80. The van der Waals surface area contributed by atoms with Crippen LogP contribution in [-0.4, -0.2) is 15.8 Å². The Hall–Kier alpha value is -0.990. The molecular weight excluding hydrogens is 198 g/mol. The summed E-state index contributed by atoms with van der Waals surface area (Å²) in [4.78, 5) is 0. The van der Waals surface area contributed by atoms with Crippen molar-refractivity contribution in [3.63, 3.8) is 0 Å². The fraction of sp³-hybridized carbons (Fsp3) is 0.769. The molecule has 0 atom stereocenters. The summed E-state index contributed by atoms with van der Waals surface area (Å²) in [7, 11) is 1.99. The van der Waals surface area contributed by atoms with Gasteiger partial charge in [-0.3, -0.25) is 4.68 Å². The zero-order valence-corrected chi connectivity index (χ0v) is 10.8. The Morgan fingerprint density at radius 3 is 2.75 bits per heavy atom. The molecule has 1 N–H and O–H groups in total. The van der Waals surface area contributed by atoms with Gasteiger partial charge in [-0.05, 0) is 31.1 Å². The van der Waals surface area contributed by atoms with Crippen LogP contribution in [0.4, 0.5) is 5.69 Å². The van der Waals surface area contributed by atoms with Gasteiger partial charge in [-0.2, -0.15) is 5.10 Å². The highest BCUT2D eigenvalue weighted by atomic mass is 15.3. The van der Waals surface area contributed by atoms with Crippen LogP contribution in [0.5, 0.6) is 0 Å². The predicted octanol–water partition coefficient (Wildman–Crippen LogP) is 2.83. The van der Waals surface area contributed by atoms with Gasteiger partial charge in [0.15, 0.2) is 0 Å². The summed E-state index contributed by atoms with van der Waals surface area (Å²) in [6, 6.07) is 0.668. The third-order valence-electron chi connectivity index (χ3n) is 3.72. The van der Waals surface area contributed by atoms with Gasteiger partial charge in [0.25, 0.3) is 0 Å². The smallest absolute Gasteiger partial charge is 0.0853 e. The van der Waals surface area contributed by atoms with Crippen molar-refractivity contribution in [3.8, 4) is 0 Å². The number of nitrogens with zero attached hydrogens (tertiary/aromatic N) is 2. The van der Waals surface area contributed by atoms with Crippen LogP contribution in [0.1, 0.15) is 39.3 Å². The van der Waals surface area contributed by atoms with Crippen LogP contribution in [0.15, 0.2) is 6.20 Å². The van der Waals surface area contributed by atoms with Crippen LogP contribution in [-0.2, 0) is 13.5 Å². The van der Waals surface area contributed by atoms with Gasteiger partial charge >= 0.3 is 0 Å². The van der Waals surface area contributed by atoms with Crippen molar-refractivity contribution in [2.75, 3.05) is 5.32 Å². The molecule has 1 aliphatic carbocycles. The first kappa shape index (κ1) is 11.5. The Kier molecular flexibility index (Phi) is 3.22. The van der Waals surface area contributed by atoms with Crippen molar-refractivity contribution in [1.29, 1.82) is 0 Å². The molecule has 0 aliphatic heterocycles. The van der Waals surface area contributed by atoms with Gasteiger partial charge in [-0.1, -0.05) is 20.8 Å². The molecule has 0 radical (unpaired) electrons. The molecule has 0 aromatic carbocycles. The van der Waals surface area contributed by atoms with Crippen LogP contribution in [0.25, 0.3) is 0 Å². The summed E-state index contributed by atoms with van der Waals surface area (Å²) >= 11 is 0. The third-order valence-corrected chi connectivity index (χ3v) is 3.72. The van der Waals surface area contributed by atoms with E-state index in [9.17, 15) is 0 Å². The van der Waals surface area contributed by atoms with Crippen molar-refractivity contribution in [3.05, 3.63) is 11.9 Å². The van der Waals surface area contributed by atoms with Crippen LogP contribution in [0.3, 0.4) is 0 Å². The van der Waals surface area contributed by atoms with Crippen molar-refractivity contribution in [1.82, 2.24) is 9.78 Å². The van der Waals surface area contributed by atoms with E-state index in [1.807, 2.05) is 11.7 Å². The van der Waals surface area contributed by atoms with E-state index in [-0.39, 0.29) is 0 Å². The number of nitrogens with one attached hydrogen (secondary N) is 1. The molecule has 16 heavy (non-hydrogen) atoms. The SMILES string of the molecule is CCc1nn(C)cc1NC1CC(C(C)C)C1. The summed E-state index contributed by atoms with van der Waals surface area (Å²) in [5.41, 5.74) is 2.42. The normalized spacial score (nSPS) is 24.6. The molecule has 0 bridgehead atoms. The number of anilines is 1. The fourth-order valence-corrected chi connectivity index (χ4v) is 2.46.